The second kappa shape index (κ2) is 7.66. The van der Waals surface area contributed by atoms with Crippen molar-refractivity contribution >= 4 is 18.0 Å². The van der Waals surface area contributed by atoms with E-state index in [1.54, 1.807) is 20.8 Å². The maximum Gasteiger partial charge on any atom is 0.408 e. The van der Waals surface area contributed by atoms with Crippen molar-refractivity contribution in [3.05, 3.63) is 0 Å². The van der Waals surface area contributed by atoms with Crippen LogP contribution in [0.2, 0.25) is 0 Å². The Morgan fingerprint density at radius 2 is 1.78 bits per heavy atom. The minimum absolute atomic E-state index is 0.0764. The molecule has 0 aromatic heterocycles. The Bertz CT molecular complexity index is 599. The molecule has 0 aromatic carbocycles. The number of nitrogens with one attached hydrogen (secondary N) is 1. The second-order valence-electron chi connectivity index (χ2n) is 8.89. The molecule has 4 atom stereocenters. The highest BCUT2D eigenvalue weighted by atomic mass is 16.6. The lowest BCUT2D eigenvalue weighted by atomic mass is 9.92. The Kier molecular flexibility index (Phi) is 5.65. The van der Waals surface area contributed by atoms with Gasteiger partial charge < -0.3 is 25.0 Å². The standard InChI is InChI=1S/C19H31N3O5/c1-19(2,3)27-18(26)20-14-7-5-12(21-9-4-10-21)11-13-6-8-15(17(24)25)22(13)16(14)23/h12-15H,4-11H2,1-3H3,(H,20,26)(H,24,25)/t12-,13+,14-,15-/m0/s1. The Balaban J connectivity index is 1.78. The maximum absolute atomic E-state index is 13.1. The van der Waals surface area contributed by atoms with Crippen LogP contribution >= 0.6 is 0 Å². The molecule has 3 saturated heterocycles. The van der Waals surface area contributed by atoms with Gasteiger partial charge in [-0.25, -0.2) is 9.59 Å². The molecule has 3 heterocycles. The number of carboxylic acid groups (broad SMARTS) is 1. The van der Waals surface area contributed by atoms with Crippen LogP contribution in [0, 0.1) is 0 Å². The van der Waals surface area contributed by atoms with E-state index in [0.717, 1.165) is 25.9 Å². The monoisotopic (exact) mass is 381 g/mol. The highest BCUT2D eigenvalue weighted by Gasteiger charge is 2.46. The van der Waals surface area contributed by atoms with Crippen molar-refractivity contribution in [2.24, 2.45) is 0 Å². The van der Waals surface area contributed by atoms with Crippen molar-refractivity contribution in [3.63, 3.8) is 0 Å². The van der Waals surface area contributed by atoms with Crippen molar-refractivity contribution in [3.8, 4) is 0 Å². The van der Waals surface area contributed by atoms with Crippen LogP contribution in [0.15, 0.2) is 0 Å². The Morgan fingerprint density at radius 3 is 2.33 bits per heavy atom. The summed E-state index contributed by atoms with van der Waals surface area (Å²) in [5.74, 6) is -1.26. The quantitative estimate of drug-likeness (QED) is 0.770. The average Bonchev–Trinajstić information content (AvgIpc) is 2.89. The number of aliphatic carboxylic acids is 1. The molecule has 0 bridgehead atoms. The number of rotatable bonds is 3. The van der Waals surface area contributed by atoms with Crippen LogP contribution in [0.1, 0.15) is 59.3 Å². The molecular formula is C19H31N3O5. The van der Waals surface area contributed by atoms with Crippen LogP contribution in [0.4, 0.5) is 4.79 Å². The number of likely N-dealkylation sites (tertiary alicyclic amines) is 1. The van der Waals surface area contributed by atoms with Gasteiger partial charge in [-0.05, 0) is 72.4 Å². The number of nitrogens with zero attached hydrogens (tertiary/aromatic N) is 2. The first kappa shape index (κ1) is 19.9. The van der Waals surface area contributed by atoms with E-state index < -0.39 is 29.7 Å². The van der Waals surface area contributed by atoms with Crippen LogP contribution in [0.5, 0.6) is 0 Å². The zero-order chi connectivity index (χ0) is 19.8. The number of hydrogen-bond acceptors (Lipinski definition) is 5. The van der Waals surface area contributed by atoms with Crippen molar-refractivity contribution in [2.75, 3.05) is 13.1 Å². The van der Waals surface area contributed by atoms with Gasteiger partial charge >= 0.3 is 12.1 Å². The van der Waals surface area contributed by atoms with Gasteiger partial charge in [0.15, 0.2) is 0 Å². The molecule has 2 N–H and O–H groups in total. The molecule has 152 valence electrons. The first-order valence-electron chi connectivity index (χ1n) is 9.94. The lowest BCUT2D eigenvalue weighted by molar-refractivity contribution is -0.151. The predicted molar refractivity (Wildman–Crippen MR) is 98.3 cm³/mol. The van der Waals surface area contributed by atoms with Gasteiger partial charge in [0.25, 0.3) is 0 Å². The molecule has 3 aliphatic heterocycles. The minimum Gasteiger partial charge on any atom is -0.480 e. The zero-order valence-corrected chi connectivity index (χ0v) is 16.4. The first-order chi connectivity index (χ1) is 12.7. The Hall–Kier alpha value is -1.83. The molecule has 0 unspecified atom stereocenters. The number of alkyl carbamates (subject to hydrolysis) is 1. The molecule has 0 aliphatic carbocycles. The van der Waals surface area contributed by atoms with Crippen molar-refractivity contribution in [1.29, 1.82) is 0 Å². The number of carbonyl (C=O) groups excluding carboxylic acids is 2. The van der Waals surface area contributed by atoms with E-state index in [0.29, 0.717) is 25.3 Å². The molecule has 8 nitrogen and oxygen atoms in total. The summed E-state index contributed by atoms with van der Waals surface area (Å²) in [6, 6.07) is -1.30. The molecule has 3 aliphatic rings. The summed E-state index contributed by atoms with van der Waals surface area (Å²) in [5, 5.41) is 12.3. The maximum atomic E-state index is 13.1. The van der Waals surface area contributed by atoms with Gasteiger partial charge in [0.2, 0.25) is 5.91 Å². The Morgan fingerprint density at radius 1 is 1.11 bits per heavy atom. The summed E-state index contributed by atoms with van der Waals surface area (Å²) in [5.41, 5.74) is -0.658. The molecule has 3 fully saturated rings. The van der Waals surface area contributed by atoms with Crippen molar-refractivity contribution < 1.29 is 24.2 Å². The summed E-state index contributed by atoms with van der Waals surface area (Å²) >= 11 is 0. The summed E-state index contributed by atoms with van der Waals surface area (Å²) in [4.78, 5) is 41.0. The van der Waals surface area contributed by atoms with E-state index in [4.69, 9.17) is 4.74 Å². The number of carboxylic acids is 1. The SMILES string of the molecule is CC(C)(C)OC(=O)N[C@H]1CC[C@H](N2CCC2)C[C@H]2CC[C@@H](C(=O)O)N2C1=O. The number of hydrogen-bond donors (Lipinski definition) is 2. The fraction of sp³-hybridized carbons (Fsp3) is 0.842. The fourth-order valence-electron chi connectivity index (χ4n) is 4.41. The van der Waals surface area contributed by atoms with Crippen LogP contribution in [-0.4, -0.2) is 75.7 Å². The molecular weight excluding hydrogens is 350 g/mol. The molecule has 27 heavy (non-hydrogen) atoms. The van der Waals surface area contributed by atoms with Gasteiger partial charge in [0, 0.05) is 12.1 Å². The number of carbonyl (C=O) groups is 3. The lowest BCUT2D eigenvalue weighted by Gasteiger charge is -2.43. The smallest absolute Gasteiger partial charge is 0.408 e. The average molecular weight is 381 g/mol. The second-order valence-corrected chi connectivity index (χ2v) is 8.89. The van der Waals surface area contributed by atoms with E-state index in [1.165, 1.54) is 11.3 Å². The van der Waals surface area contributed by atoms with E-state index in [1.807, 2.05) is 0 Å². The molecule has 0 saturated carbocycles. The summed E-state index contributed by atoms with van der Waals surface area (Å²) < 4.78 is 5.31. The largest absolute Gasteiger partial charge is 0.480 e. The topological polar surface area (TPSA) is 99.2 Å². The van der Waals surface area contributed by atoms with Gasteiger partial charge in [0.05, 0.1) is 0 Å². The molecule has 8 heteroatoms. The highest BCUT2D eigenvalue weighted by Crippen LogP contribution is 2.34. The van der Waals surface area contributed by atoms with E-state index >= 15 is 0 Å². The fourth-order valence-corrected chi connectivity index (χ4v) is 4.41. The Labute approximate surface area is 160 Å². The number of ether oxygens (including phenoxy) is 1. The normalized spacial score (nSPS) is 32.1. The third-order valence-electron chi connectivity index (χ3n) is 5.77. The van der Waals surface area contributed by atoms with Gasteiger partial charge in [-0.2, -0.15) is 0 Å². The summed E-state index contributed by atoms with van der Waals surface area (Å²) in [6.45, 7) is 7.41. The number of fused-ring (bicyclic) bond motifs is 1. The van der Waals surface area contributed by atoms with Crippen LogP contribution < -0.4 is 5.32 Å². The van der Waals surface area contributed by atoms with E-state index in [9.17, 15) is 19.5 Å². The lowest BCUT2D eigenvalue weighted by Crippen LogP contribution is -2.58. The molecule has 0 spiro atoms. The van der Waals surface area contributed by atoms with Gasteiger partial charge in [0.1, 0.15) is 17.7 Å². The third-order valence-corrected chi connectivity index (χ3v) is 5.77. The van der Waals surface area contributed by atoms with E-state index in [-0.39, 0.29) is 11.9 Å². The minimum atomic E-state index is -0.969. The first-order valence-corrected chi connectivity index (χ1v) is 9.94. The molecule has 2 amide bonds. The summed E-state index contributed by atoms with van der Waals surface area (Å²) in [6.07, 6.45) is 3.84. The van der Waals surface area contributed by atoms with Crippen LogP contribution in [-0.2, 0) is 14.3 Å². The zero-order valence-electron chi connectivity index (χ0n) is 16.4. The predicted octanol–water partition coefficient (Wildman–Crippen LogP) is 1.58. The summed E-state index contributed by atoms with van der Waals surface area (Å²) in [7, 11) is 0. The third kappa shape index (κ3) is 4.54. The molecule has 0 radical (unpaired) electrons. The van der Waals surface area contributed by atoms with Gasteiger partial charge in [-0.3, -0.25) is 4.79 Å². The van der Waals surface area contributed by atoms with Crippen LogP contribution in [0.3, 0.4) is 0 Å². The van der Waals surface area contributed by atoms with Crippen molar-refractivity contribution in [1.82, 2.24) is 15.1 Å². The van der Waals surface area contributed by atoms with Gasteiger partial charge in [-0.1, -0.05) is 0 Å². The molecule has 0 aromatic rings. The van der Waals surface area contributed by atoms with Gasteiger partial charge in [-0.15, -0.1) is 0 Å². The van der Waals surface area contributed by atoms with Crippen LogP contribution in [0.25, 0.3) is 0 Å². The van der Waals surface area contributed by atoms with E-state index in [2.05, 4.69) is 10.2 Å². The molecule has 3 rings (SSSR count). The highest BCUT2D eigenvalue weighted by molar-refractivity contribution is 5.90. The number of amides is 2. The van der Waals surface area contributed by atoms with Crippen molar-refractivity contribution in [2.45, 2.75) is 89.1 Å².